The van der Waals surface area contributed by atoms with Crippen molar-refractivity contribution in [2.45, 2.75) is 30.7 Å². The summed E-state index contributed by atoms with van der Waals surface area (Å²) in [5, 5.41) is 0. The van der Waals surface area contributed by atoms with E-state index in [0.29, 0.717) is 24.7 Å². The van der Waals surface area contributed by atoms with Gasteiger partial charge in [0.25, 0.3) is 0 Å². The topological polar surface area (TPSA) is 66.5 Å². The summed E-state index contributed by atoms with van der Waals surface area (Å²) in [6, 6.07) is 8.06. The average molecular weight is 380 g/mol. The van der Waals surface area contributed by atoms with Crippen LogP contribution >= 0.6 is 0 Å². The first kappa shape index (κ1) is 18.5. The smallest absolute Gasteiger partial charge is 0.241 e. The molecular weight excluding hydrogens is 362 g/mol. The van der Waals surface area contributed by atoms with Gasteiger partial charge in [-0.05, 0) is 43.7 Å². The summed E-state index contributed by atoms with van der Waals surface area (Å²) < 4.78 is 54.2. The molecule has 2 aromatic rings. The number of carbonyl (C=O) groups excluding carboxylic acids is 1. The fourth-order valence-electron chi connectivity index (χ4n) is 2.94. The number of benzene rings is 2. The number of hydrogen-bond acceptors (Lipinski definition) is 3. The van der Waals surface area contributed by atoms with E-state index in [4.69, 9.17) is 0 Å². The summed E-state index contributed by atoms with van der Waals surface area (Å²) >= 11 is 0. The molecule has 8 heteroatoms. The molecule has 0 radical (unpaired) electrons. The molecule has 1 heterocycles. The first-order chi connectivity index (χ1) is 12.3. The number of halogens is 2. The molecule has 0 spiro atoms. The van der Waals surface area contributed by atoms with Crippen molar-refractivity contribution in [1.29, 1.82) is 0 Å². The van der Waals surface area contributed by atoms with Crippen molar-refractivity contribution in [3.63, 3.8) is 0 Å². The Morgan fingerprint density at radius 2 is 1.81 bits per heavy atom. The molecule has 1 aliphatic heterocycles. The van der Waals surface area contributed by atoms with Crippen LogP contribution in [0.4, 0.5) is 14.5 Å². The van der Waals surface area contributed by atoms with Gasteiger partial charge in [0.05, 0.1) is 4.90 Å². The first-order valence-corrected chi connectivity index (χ1v) is 9.64. The molecule has 3 rings (SSSR count). The third-order valence-electron chi connectivity index (χ3n) is 4.29. The Hall–Kier alpha value is -2.32. The van der Waals surface area contributed by atoms with Crippen molar-refractivity contribution in [3.8, 4) is 0 Å². The lowest BCUT2D eigenvalue weighted by atomic mass is 10.1. The van der Waals surface area contributed by atoms with E-state index in [9.17, 15) is 22.0 Å². The number of carbonyl (C=O) groups is 1. The summed E-state index contributed by atoms with van der Waals surface area (Å²) in [7, 11) is -3.90. The molecule has 0 saturated carbocycles. The average Bonchev–Trinajstić information content (AvgIpc) is 3.00. The Kier molecular flexibility index (Phi) is 5.06. The fourth-order valence-corrected chi connectivity index (χ4v) is 4.17. The van der Waals surface area contributed by atoms with Crippen LogP contribution in [0.25, 0.3) is 0 Å². The van der Waals surface area contributed by atoms with Gasteiger partial charge in [-0.3, -0.25) is 4.79 Å². The van der Waals surface area contributed by atoms with Crippen molar-refractivity contribution in [2.24, 2.45) is 0 Å². The van der Waals surface area contributed by atoms with E-state index in [1.54, 1.807) is 17.0 Å². The van der Waals surface area contributed by atoms with E-state index < -0.39 is 27.7 Å². The molecule has 1 aliphatic rings. The lowest BCUT2D eigenvalue weighted by Crippen LogP contribution is -2.28. The summed E-state index contributed by atoms with van der Waals surface area (Å²) in [5.74, 6) is -1.53. The monoisotopic (exact) mass is 380 g/mol. The molecular formula is C18H18F2N2O3S. The SMILES string of the molecule is C[C@H](NS(=O)(=O)c1ccc(N2CCCC2=O)cc1)c1ccc(F)cc1F. The molecule has 138 valence electrons. The number of hydrogen-bond donors (Lipinski definition) is 1. The Morgan fingerprint density at radius 3 is 2.38 bits per heavy atom. The Morgan fingerprint density at radius 1 is 1.12 bits per heavy atom. The van der Waals surface area contributed by atoms with Crippen LogP contribution in [0.1, 0.15) is 31.4 Å². The van der Waals surface area contributed by atoms with Gasteiger partial charge in [-0.1, -0.05) is 6.07 Å². The van der Waals surface area contributed by atoms with Crippen LogP contribution in [0.5, 0.6) is 0 Å². The van der Waals surface area contributed by atoms with E-state index >= 15 is 0 Å². The van der Waals surface area contributed by atoms with Gasteiger partial charge in [0.1, 0.15) is 11.6 Å². The molecule has 26 heavy (non-hydrogen) atoms. The maximum absolute atomic E-state index is 13.8. The van der Waals surface area contributed by atoms with Gasteiger partial charge in [0.15, 0.2) is 0 Å². The molecule has 0 aliphatic carbocycles. The normalized spacial score (nSPS) is 16.1. The van der Waals surface area contributed by atoms with Crippen molar-refractivity contribution in [3.05, 3.63) is 59.7 Å². The molecule has 0 unspecified atom stereocenters. The second-order valence-corrected chi connectivity index (χ2v) is 7.87. The predicted octanol–water partition coefficient (Wildman–Crippen LogP) is 3.13. The second-order valence-electron chi connectivity index (χ2n) is 6.15. The van der Waals surface area contributed by atoms with Crippen LogP contribution in [0.2, 0.25) is 0 Å². The molecule has 5 nitrogen and oxygen atoms in total. The molecule has 1 amide bonds. The van der Waals surface area contributed by atoms with Crippen LogP contribution in [0, 0.1) is 11.6 Å². The zero-order valence-corrected chi connectivity index (χ0v) is 14.9. The maximum atomic E-state index is 13.8. The fraction of sp³-hybridized carbons (Fsp3) is 0.278. The number of amides is 1. The predicted molar refractivity (Wildman–Crippen MR) is 93.1 cm³/mol. The van der Waals surface area contributed by atoms with Gasteiger partial charge in [0, 0.05) is 36.3 Å². The highest BCUT2D eigenvalue weighted by Gasteiger charge is 2.24. The standard InChI is InChI=1S/C18H18F2N2O3S/c1-12(16-9-4-13(19)11-17(16)20)21-26(24,25)15-7-5-14(6-8-15)22-10-2-3-18(22)23/h4-9,11-12,21H,2-3,10H2,1H3/t12-/m0/s1. The zero-order valence-electron chi connectivity index (χ0n) is 14.1. The highest BCUT2D eigenvalue weighted by atomic mass is 32.2. The van der Waals surface area contributed by atoms with E-state index in [-0.39, 0.29) is 16.4 Å². The van der Waals surface area contributed by atoms with Crippen LogP contribution < -0.4 is 9.62 Å². The quantitative estimate of drug-likeness (QED) is 0.867. The highest BCUT2D eigenvalue weighted by molar-refractivity contribution is 7.89. The zero-order chi connectivity index (χ0) is 18.9. The van der Waals surface area contributed by atoms with Gasteiger partial charge >= 0.3 is 0 Å². The van der Waals surface area contributed by atoms with Gasteiger partial charge in [-0.25, -0.2) is 21.9 Å². The third kappa shape index (κ3) is 3.76. The van der Waals surface area contributed by atoms with Gasteiger partial charge in [0.2, 0.25) is 15.9 Å². The van der Waals surface area contributed by atoms with E-state index in [1.807, 2.05) is 0 Å². The van der Waals surface area contributed by atoms with Crippen molar-refractivity contribution >= 4 is 21.6 Å². The van der Waals surface area contributed by atoms with Crippen molar-refractivity contribution in [1.82, 2.24) is 4.72 Å². The minimum absolute atomic E-state index is 0.00210. The molecule has 1 fully saturated rings. The molecule has 1 atom stereocenters. The highest BCUT2D eigenvalue weighted by Crippen LogP contribution is 2.24. The molecule has 2 aromatic carbocycles. The number of sulfonamides is 1. The third-order valence-corrected chi connectivity index (χ3v) is 5.85. The number of anilines is 1. The Labute approximate surface area is 150 Å². The van der Waals surface area contributed by atoms with Crippen molar-refractivity contribution in [2.75, 3.05) is 11.4 Å². The number of rotatable bonds is 5. The van der Waals surface area contributed by atoms with Crippen LogP contribution in [-0.4, -0.2) is 20.9 Å². The lowest BCUT2D eigenvalue weighted by molar-refractivity contribution is -0.117. The maximum Gasteiger partial charge on any atom is 0.241 e. The number of nitrogens with zero attached hydrogens (tertiary/aromatic N) is 1. The summed E-state index contributed by atoms with van der Waals surface area (Å²) in [6.45, 7) is 2.09. The lowest BCUT2D eigenvalue weighted by Gasteiger charge is -2.18. The van der Waals surface area contributed by atoms with Crippen molar-refractivity contribution < 1.29 is 22.0 Å². The van der Waals surface area contributed by atoms with Gasteiger partial charge in [-0.15, -0.1) is 0 Å². The first-order valence-electron chi connectivity index (χ1n) is 8.15. The Balaban J connectivity index is 1.78. The summed E-state index contributed by atoms with van der Waals surface area (Å²) in [5.41, 5.74) is 0.693. The summed E-state index contributed by atoms with van der Waals surface area (Å²) in [4.78, 5) is 13.4. The second kappa shape index (κ2) is 7.13. The molecule has 0 bridgehead atoms. The van der Waals surface area contributed by atoms with Crippen LogP contribution in [-0.2, 0) is 14.8 Å². The molecule has 0 aromatic heterocycles. The largest absolute Gasteiger partial charge is 0.312 e. The van der Waals surface area contributed by atoms with E-state index in [0.717, 1.165) is 12.5 Å². The minimum Gasteiger partial charge on any atom is -0.312 e. The number of nitrogens with one attached hydrogen (secondary N) is 1. The van der Waals surface area contributed by atoms with Crippen LogP contribution in [0.3, 0.4) is 0 Å². The van der Waals surface area contributed by atoms with Gasteiger partial charge in [-0.2, -0.15) is 0 Å². The summed E-state index contributed by atoms with van der Waals surface area (Å²) in [6.07, 6.45) is 1.27. The van der Waals surface area contributed by atoms with E-state index in [2.05, 4.69) is 4.72 Å². The minimum atomic E-state index is -3.90. The molecule has 1 saturated heterocycles. The Bertz CT molecular complexity index is 930. The molecule has 1 N–H and O–H groups in total. The van der Waals surface area contributed by atoms with Gasteiger partial charge < -0.3 is 4.90 Å². The van der Waals surface area contributed by atoms with Crippen LogP contribution in [0.15, 0.2) is 47.4 Å². The van der Waals surface area contributed by atoms with E-state index in [1.165, 1.54) is 25.1 Å².